The van der Waals surface area contributed by atoms with E-state index in [1.54, 1.807) is 14.0 Å². The first-order valence-corrected chi connectivity index (χ1v) is 6.85. The molecule has 0 aromatic rings. The summed E-state index contributed by atoms with van der Waals surface area (Å²) in [5.41, 5.74) is 0. The number of nitrogens with zero attached hydrogens (tertiary/aromatic N) is 1. The highest BCUT2D eigenvalue weighted by molar-refractivity contribution is 5.80. The molecule has 0 aromatic heterocycles. The van der Waals surface area contributed by atoms with E-state index in [0.29, 0.717) is 19.8 Å². The van der Waals surface area contributed by atoms with Gasteiger partial charge in [0.25, 0.3) is 0 Å². The summed E-state index contributed by atoms with van der Waals surface area (Å²) in [5.74, 6) is -0.292. The monoisotopic (exact) mass is 272 g/mol. The van der Waals surface area contributed by atoms with Gasteiger partial charge in [-0.1, -0.05) is 6.42 Å². The van der Waals surface area contributed by atoms with Crippen LogP contribution in [0.25, 0.3) is 0 Å². The number of carbonyl (C=O) groups excluding carboxylic acids is 2. The molecule has 0 radical (unpaired) electrons. The van der Waals surface area contributed by atoms with Gasteiger partial charge >= 0.3 is 5.97 Å². The summed E-state index contributed by atoms with van der Waals surface area (Å²) in [6, 6.07) is -0.276. The number of nitrogens with one attached hydrogen (secondary N) is 1. The van der Waals surface area contributed by atoms with Crippen LogP contribution in [0.15, 0.2) is 0 Å². The van der Waals surface area contributed by atoms with Crippen molar-refractivity contribution in [3.8, 4) is 0 Å². The Labute approximate surface area is 114 Å². The maximum Gasteiger partial charge on any atom is 0.323 e. The van der Waals surface area contributed by atoms with Crippen LogP contribution in [0.4, 0.5) is 0 Å². The highest BCUT2D eigenvalue weighted by Gasteiger charge is 2.30. The molecule has 6 nitrogen and oxygen atoms in total. The van der Waals surface area contributed by atoms with Crippen LogP contribution in [0.1, 0.15) is 26.2 Å². The smallest absolute Gasteiger partial charge is 0.323 e. The van der Waals surface area contributed by atoms with Gasteiger partial charge in [0, 0.05) is 13.7 Å². The summed E-state index contributed by atoms with van der Waals surface area (Å²) in [7, 11) is 1.59. The second-order valence-corrected chi connectivity index (χ2v) is 4.58. The molecule has 1 atom stereocenters. The van der Waals surface area contributed by atoms with Crippen molar-refractivity contribution in [1.82, 2.24) is 10.2 Å². The van der Waals surface area contributed by atoms with Gasteiger partial charge in [-0.3, -0.25) is 14.5 Å². The minimum atomic E-state index is -0.276. The van der Waals surface area contributed by atoms with E-state index in [9.17, 15) is 9.59 Å². The summed E-state index contributed by atoms with van der Waals surface area (Å²) in [6.07, 6.45) is 2.79. The lowest BCUT2D eigenvalue weighted by atomic mass is 10.0. The Bertz CT molecular complexity index is 296. The third-order valence-electron chi connectivity index (χ3n) is 3.15. The van der Waals surface area contributed by atoms with Crippen molar-refractivity contribution in [3.63, 3.8) is 0 Å². The molecule has 1 heterocycles. The number of rotatable bonds is 7. The van der Waals surface area contributed by atoms with Gasteiger partial charge < -0.3 is 14.8 Å². The van der Waals surface area contributed by atoms with Crippen LogP contribution in [-0.2, 0) is 19.1 Å². The predicted octanol–water partition coefficient (Wildman–Crippen LogP) is 0.167. The Hall–Kier alpha value is -1.14. The quantitative estimate of drug-likeness (QED) is 0.528. The first-order chi connectivity index (χ1) is 9.19. The van der Waals surface area contributed by atoms with Crippen LogP contribution in [-0.4, -0.2) is 62.8 Å². The summed E-state index contributed by atoms with van der Waals surface area (Å²) in [4.78, 5) is 25.5. The van der Waals surface area contributed by atoms with Crippen LogP contribution in [0.2, 0.25) is 0 Å². The molecule has 1 rings (SSSR count). The molecule has 0 bridgehead atoms. The average Bonchev–Trinajstić information content (AvgIpc) is 2.40. The molecule has 1 N–H and O–H groups in total. The molecule has 19 heavy (non-hydrogen) atoms. The van der Waals surface area contributed by atoms with Gasteiger partial charge in [0.2, 0.25) is 5.91 Å². The average molecular weight is 272 g/mol. The molecule has 0 aromatic carbocycles. The van der Waals surface area contributed by atoms with Gasteiger partial charge in [-0.25, -0.2) is 0 Å². The van der Waals surface area contributed by atoms with E-state index in [1.807, 2.05) is 4.90 Å². The number of hydrogen-bond acceptors (Lipinski definition) is 5. The fourth-order valence-electron chi connectivity index (χ4n) is 2.22. The third-order valence-corrected chi connectivity index (χ3v) is 3.15. The fraction of sp³-hybridized carbons (Fsp3) is 0.846. The van der Waals surface area contributed by atoms with E-state index >= 15 is 0 Å². The number of amides is 1. The number of likely N-dealkylation sites (tertiary alicyclic amines) is 1. The summed E-state index contributed by atoms with van der Waals surface area (Å²) in [5, 5.41) is 2.76. The Morgan fingerprint density at radius 2 is 2.16 bits per heavy atom. The van der Waals surface area contributed by atoms with Crippen molar-refractivity contribution in [3.05, 3.63) is 0 Å². The normalized spacial score (nSPS) is 20.0. The van der Waals surface area contributed by atoms with Gasteiger partial charge in [0.05, 0.1) is 19.8 Å². The van der Waals surface area contributed by atoms with Crippen molar-refractivity contribution >= 4 is 11.9 Å². The maximum atomic E-state index is 11.8. The zero-order chi connectivity index (χ0) is 14.1. The first kappa shape index (κ1) is 15.9. The SMILES string of the molecule is CCOC(=O)C1CCCCN1CC(=O)NCCOC. The summed E-state index contributed by atoms with van der Waals surface area (Å²) < 4.78 is 9.93. The molecule has 6 heteroatoms. The van der Waals surface area contributed by atoms with E-state index in [2.05, 4.69) is 5.32 Å². The van der Waals surface area contributed by atoms with Gasteiger partial charge in [0.15, 0.2) is 0 Å². The van der Waals surface area contributed by atoms with E-state index in [0.717, 1.165) is 25.8 Å². The number of piperidine rings is 1. The molecule has 110 valence electrons. The fourth-order valence-corrected chi connectivity index (χ4v) is 2.22. The van der Waals surface area contributed by atoms with Crippen molar-refractivity contribution in [2.45, 2.75) is 32.2 Å². The van der Waals surface area contributed by atoms with Crippen LogP contribution in [0.3, 0.4) is 0 Å². The number of methoxy groups -OCH3 is 1. The van der Waals surface area contributed by atoms with E-state index in [4.69, 9.17) is 9.47 Å². The van der Waals surface area contributed by atoms with Crippen LogP contribution < -0.4 is 5.32 Å². The lowest BCUT2D eigenvalue weighted by molar-refractivity contribution is -0.151. The van der Waals surface area contributed by atoms with Crippen molar-refractivity contribution < 1.29 is 19.1 Å². The molecule has 1 fully saturated rings. The number of esters is 1. The number of hydrogen-bond donors (Lipinski definition) is 1. The standard InChI is InChI=1S/C13H24N2O4/c1-3-19-13(17)11-6-4-5-8-15(11)10-12(16)14-7-9-18-2/h11H,3-10H2,1-2H3,(H,14,16). The van der Waals surface area contributed by atoms with Crippen LogP contribution in [0.5, 0.6) is 0 Å². The topological polar surface area (TPSA) is 67.9 Å². The van der Waals surface area contributed by atoms with Crippen molar-refractivity contribution in [2.24, 2.45) is 0 Å². The molecular formula is C13H24N2O4. The van der Waals surface area contributed by atoms with E-state index in [-0.39, 0.29) is 24.5 Å². The minimum absolute atomic E-state index is 0.0757. The summed E-state index contributed by atoms with van der Waals surface area (Å²) >= 11 is 0. The van der Waals surface area contributed by atoms with E-state index in [1.165, 1.54) is 0 Å². The Balaban J connectivity index is 2.43. The molecule has 1 aliphatic rings. The Morgan fingerprint density at radius 1 is 1.37 bits per heavy atom. The molecule has 1 amide bonds. The van der Waals surface area contributed by atoms with Gasteiger partial charge in [-0.15, -0.1) is 0 Å². The van der Waals surface area contributed by atoms with Crippen LogP contribution in [0, 0.1) is 0 Å². The maximum absolute atomic E-state index is 11.8. The van der Waals surface area contributed by atoms with Crippen LogP contribution >= 0.6 is 0 Å². The molecule has 1 saturated heterocycles. The number of carbonyl (C=O) groups is 2. The zero-order valence-corrected chi connectivity index (χ0v) is 11.8. The van der Waals surface area contributed by atoms with Crippen molar-refractivity contribution in [2.75, 3.05) is 40.0 Å². The van der Waals surface area contributed by atoms with Gasteiger partial charge in [0.1, 0.15) is 6.04 Å². The first-order valence-electron chi connectivity index (χ1n) is 6.85. The second-order valence-electron chi connectivity index (χ2n) is 4.58. The number of ether oxygens (including phenoxy) is 2. The molecule has 1 aliphatic heterocycles. The predicted molar refractivity (Wildman–Crippen MR) is 70.7 cm³/mol. The molecular weight excluding hydrogens is 248 g/mol. The molecule has 0 spiro atoms. The summed E-state index contributed by atoms with van der Waals surface area (Å²) in [6.45, 7) is 4.17. The Morgan fingerprint density at radius 3 is 2.84 bits per heavy atom. The lowest BCUT2D eigenvalue weighted by Crippen LogP contribution is -2.49. The van der Waals surface area contributed by atoms with E-state index < -0.39 is 0 Å². The lowest BCUT2D eigenvalue weighted by Gasteiger charge is -2.33. The largest absolute Gasteiger partial charge is 0.465 e. The van der Waals surface area contributed by atoms with Gasteiger partial charge in [-0.05, 0) is 26.3 Å². The highest BCUT2D eigenvalue weighted by atomic mass is 16.5. The van der Waals surface area contributed by atoms with Crippen molar-refractivity contribution in [1.29, 1.82) is 0 Å². The minimum Gasteiger partial charge on any atom is -0.465 e. The molecule has 0 saturated carbocycles. The molecule has 0 aliphatic carbocycles. The van der Waals surface area contributed by atoms with Gasteiger partial charge in [-0.2, -0.15) is 0 Å². The third kappa shape index (κ3) is 5.57. The zero-order valence-electron chi connectivity index (χ0n) is 11.8. The molecule has 1 unspecified atom stereocenters. The Kier molecular flexibility index (Phi) is 7.43. The second kappa shape index (κ2) is 8.87. The highest BCUT2D eigenvalue weighted by Crippen LogP contribution is 2.17.